The van der Waals surface area contributed by atoms with Crippen molar-refractivity contribution in [1.29, 1.82) is 0 Å². The molecule has 2 aromatic rings. The highest BCUT2D eigenvalue weighted by Crippen LogP contribution is 2.25. The largest absolute Gasteiger partial charge is 0.481 e. The first-order chi connectivity index (χ1) is 12.2. The molecule has 0 spiro atoms. The molecule has 0 radical (unpaired) electrons. The summed E-state index contributed by atoms with van der Waals surface area (Å²) in [7, 11) is 0. The summed E-state index contributed by atoms with van der Waals surface area (Å²) in [6.45, 7) is 2.25. The molecule has 0 aromatic heterocycles. The molecule has 2 nitrogen and oxygen atoms in total. The van der Waals surface area contributed by atoms with Crippen LogP contribution in [0.3, 0.4) is 0 Å². The van der Waals surface area contributed by atoms with Gasteiger partial charge in [0.05, 0.1) is 0 Å². The van der Waals surface area contributed by atoms with Crippen molar-refractivity contribution >= 4 is 5.97 Å². The molecule has 1 N–H and O–H groups in total. The highest BCUT2D eigenvalue weighted by atomic mass is 16.4. The van der Waals surface area contributed by atoms with Crippen LogP contribution in [0.15, 0.2) is 48.5 Å². The van der Waals surface area contributed by atoms with E-state index in [0.717, 1.165) is 17.5 Å². The average Bonchev–Trinajstić information content (AvgIpc) is 2.64. The van der Waals surface area contributed by atoms with Crippen LogP contribution in [0.25, 0.3) is 11.1 Å². The summed E-state index contributed by atoms with van der Waals surface area (Å²) in [6.07, 6.45) is 9.85. The number of carboxylic acids is 1. The van der Waals surface area contributed by atoms with E-state index in [2.05, 4.69) is 37.3 Å². The first-order valence-corrected chi connectivity index (χ1v) is 9.59. The van der Waals surface area contributed by atoms with Gasteiger partial charge in [-0.1, -0.05) is 87.6 Å². The number of unbranched alkanes of at least 4 members (excludes halogenated alkanes) is 5. The van der Waals surface area contributed by atoms with Gasteiger partial charge in [0.15, 0.2) is 0 Å². The minimum atomic E-state index is -0.746. The first kappa shape index (κ1) is 19.2. The Labute approximate surface area is 151 Å². The monoisotopic (exact) mass is 338 g/mol. The van der Waals surface area contributed by atoms with Crippen LogP contribution < -0.4 is 0 Å². The molecule has 2 heteroatoms. The molecule has 0 saturated heterocycles. The predicted molar refractivity (Wildman–Crippen MR) is 105 cm³/mol. The van der Waals surface area contributed by atoms with Crippen LogP contribution in [-0.4, -0.2) is 11.1 Å². The van der Waals surface area contributed by atoms with Crippen molar-refractivity contribution in [2.24, 2.45) is 0 Å². The van der Waals surface area contributed by atoms with Crippen LogP contribution in [0.1, 0.15) is 63.0 Å². The van der Waals surface area contributed by atoms with Gasteiger partial charge in [0.2, 0.25) is 0 Å². The second-order valence-electron chi connectivity index (χ2n) is 6.77. The maximum Gasteiger partial charge on any atom is 0.303 e. The molecule has 25 heavy (non-hydrogen) atoms. The van der Waals surface area contributed by atoms with Crippen molar-refractivity contribution in [3.05, 3.63) is 59.7 Å². The molecule has 0 unspecified atom stereocenters. The van der Waals surface area contributed by atoms with Gasteiger partial charge >= 0.3 is 5.97 Å². The van der Waals surface area contributed by atoms with Crippen LogP contribution >= 0.6 is 0 Å². The molecule has 0 amide bonds. The first-order valence-electron chi connectivity index (χ1n) is 9.59. The number of aliphatic carboxylic acids is 1. The number of aryl methyl sites for hydroxylation is 2. The molecular formula is C23H30O2. The predicted octanol–water partition coefficient (Wildman–Crippen LogP) is 6.27. The number of carbonyl (C=O) groups is 1. The average molecular weight is 338 g/mol. The number of benzene rings is 2. The van der Waals surface area contributed by atoms with Crippen LogP contribution in [0.5, 0.6) is 0 Å². The smallest absolute Gasteiger partial charge is 0.303 e. The summed E-state index contributed by atoms with van der Waals surface area (Å²) in [5.41, 5.74) is 4.82. The quantitative estimate of drug-likeness (QED) is 0.490. The van der Waals surface area contributed by atoms with Crippen molar-refractivity contribution in [2.75, 3.05) is 0 Å². The van der Waals surface area contributed by atoms with Gasteiger partial charge in [0.1, 0.15) is 0 Å². The van der Waals surface area contributed by atoms with Crippen molar-refractivity contribution in [1.82, 2.24) is 0 Å². The summed E-state index contributed by atoms with van der Waals surface area (Å²) < 4.78 is 0. The second-order valence-corrected chi connectivity index (χ2v) is 6.77. The summed E-state index contributed by atoms with van der Waals surface area (Å²) in [4.78, 5) is 10.8. The Bertz CT molecular complexity index is 643. The summed E-state index contributed by atoms with van der Waals surface area (Å²) >= 11 is 0. The Hall–Kier alpha value is -2.09. The lowest BCUT2D eigenvalue weighted by Crippen LogP contribution is -1.99. The fourth-order valence-electron chi connectivity index (χ4n) is 3.22. The van der Waals surface area contributed by atoms with Gasteiger partial charge in [0.25, 0.3) is 0 Å². The zero-order chi connectivity index (χ0) is 17.9. The van der Waals surface area contributed by atoms with Crippen LogP contribution in [-0.2, 0) is 17.6 Å². The van der Waals surface area contributed by atoms with E-state index < -0.39 is 5.97 Å². The van der Waals surface area contributed by atoms with E-state index in [1.807, 2.05) is 18.2 Å². The van der Waals surface area contributed by atoms with E-state index in [1.54, 1.807) is 0 Å². The maximum atomic E-state index is 10.8. The lowest BCUT2D eigenvalue weighted by Gasteiger charge is -2.10. The standard InChI is InChI=1S/C23H30O2/c1-2-3-4-5-6-7-10-19-13-15-21(16-14-19)22-12-9-8-11-20(22)17-18-23(24)25/h8-9,11-16H,2-7,10,17-18H2,1H3,(H,24,25). The summed E-state index contributed by atoms with van der Waals surface area (Å²) in [6, 6.07) is 16.9. The molecule has 0 heterocycles. The molecule has 0 bridgehead atoms. The Morgan fingerprint density at radius 3 is 2.24 bits per heavy atom. The van der Waals surface area contributed by atoms with Gasteiger partial charge in [0, 0.05) is 6.42 Å². The van der Waals surface area contributed by atoms with Crippen molar-refractivity contribution in [3.63, 3.8) is 0 Å². The van der Waals surface area contributed by atoms with Gasteiger partial charge in [-0.2, -0.15) is 0 Å². The van der Waals surface area contributed by atoms with E-state index in [0.29, 0.717) is 6.42 Å². The maximum absolute atomic E-state index is 10.8. The summed E-state index contributed by atoms with van der Waals surface area (Å²) in [5.74, 6) is -0.746. The third-order valence-corrected chi connectivity index (χ3v) is 4.71. The molecule has 134 valence electrons. The van der Waals surface area contributed by atoms with Gasteiger partial charge in [-0.25, -0.2) is 0 Å². The van der Waals surface area contributed by atoms with E-state index in [4.69, 9.17) is 5.11 Å². The third-order valence-electron chi connectivity index (χ3n) is 4.71. The van der Waals surface area contributed by atoms with Crippen molar-refractivity contribution in [2.45, 2.75) is 64.7 Å². The van der Waals surface area contributed by atoms with Crippen molar-refractivity contribution in [3.8, 4) is 11.1 Å². The Morgan fingerprint density at radius 2 is 1.52 bits per heavy atom. The molecule has 0 aliphatic heterocycles. The zero-order valence-electron chi connectivity index (χ0n) is 15.3. The van der Waals surface area contributed by atoms with E-state index in [-0.39, 0.29) is 6.42 Å². The number of rotatable bonds is 11. The van der Waals surface area contributed by atoms with Crippen molar-refractivity contribution < 1.29 is 9.90 Å². The minimum Gasteiger partial charge on any atom is -0.481 e. The molecular weight excluding hydrogens is 308 g/mol. The summed E-state index contributed by atoms with van der Waals surface area (Å²) in [5, 5.41) is 8.92. The second kappa shape index (κ2) is 10.7. The SMILES string of the molecule is CCCCCCCCc1ccc(-c2ccccc2CCC(=O)O)cc1. The molecule has 2 aromatic carbocycles. The van der Waals surface area contributed by atoms with Crippen LogP contribution in [0, 0.1) is 0 Å². The van der Waals surface area contributed by atoms with Crippen LogP contribution in [0.2, 0.25) is 0 Å². The number of carboxylic acid groups (broad SMARTS) is 1. The minimum absolute atomic E-state index is 0.174. The van der Waals surface area contributed by atoms with E-state index >= 15 is 0 Å². The lowest BCUT2D eigenvalue weighted by atomic mass is 9.95. The Balaban J connectivity index is 1.92. The molecule has 0 aliphatic rings. The highest BCUT2D eigenvalue weighted by Gasteiger charge is 2.07. The Morgan fingerprint density at radius 1 is 0.840 bits per heavy atom. The van der Waals surface area contributed by atoms with Gasteiger partial charge < -0.3 is 5.11 Å². The van der Waals surface area contributed by atoms with Gasteiger partial charge in [-0.15, -0.1) is 0 Å². The lowest BCUT2D eigenvalue weighted by molar-refractivity contribution is -0.136. The molecule has 0 atom stereocenters. The fraction of sp³-hybridized carbons (Fsp3) is 0.435. The zero-order valence-corrected chi connectivity index (χ0v) is 15.3. The fourth-order valence-corrected chi connectivity index (χ4v) is 3.22. The van der Waals surface area contributed by atoms with E-state index in [9.17, 15) is 4.79 Å². The molecule has 0 fully saturated rings. The van der Waals surface area contributed by atoms with Gasteiger partial charge in [-0.05, 0) is 41.5 Å². The third kappa shape index (κ3) is 6.74. The molecule has 2 rings (SSSR count). The topological polar surface area (TPSA) is 37.3 Å². The van der Waals surface area contributed by atoms with Crippen LogP contribution in [0.4, 0.5) is 0 Å². The normalized spacial score (nSPS) is 10.8. The highest BCUT2D eigenvalue weighted by molar-refractivity contribution is 5.70. The Kier molecular flexibility index (Phi) is 8.24. The molecule has 0 aliphatic carbocycles. The number of hydrogen-bond donors (Lipinski definition) is 1. The molecule has 0 saturated carbocycles. The van der Waals surface area contributed by atoms with Gasteiger partial charge in [-0.3, -0.25) is 4.79 Å². The van der Waals surface area contributed by atoms with E-state index in [1.165, 1.54) is 49.7 Å². The number of hydrogen-bond acceptors (Lipinski definition) is 1.